The third-order valence-electron chi connectivity index (χ3n) is 17.8. The van der Waals surface area contributed by atoms with E-state index in [1.807, 2.05) is 116 Å². The smallest absolute Gasteiger partial charge is 0.227 e. The first-order valence-electron chi connectivity index (χ1n) is 33.7. The molecule has 5 aromatic rings. The highest BCUT2D eigenvalue weighted by molar-refractivity contribution is 5.98. The first-order chi connectivity index (χ1) is 44.5. The van der Waals surface area contributed by atoms with Gasteiger partial charge in [-0.25, -0.2) is 0 Å². The Morgan fingerprint density at radius 3 is 1.40 bits per heavy atom. The van der Waals surface area contributed by atoms with E-state index in [4.69, 9.17) is 27.7 Å². The fraction of sp³-hybridized carbons (Fsp3) is 0.527. The van der Waals surface area contributed by atoms with Crippen molar-refractivity contribution in [3.63, 3.8) is 0 Å². The van der Waals surface area contributed by atoms with Crippen molar-refractivity contribution in [1.82, 2.24) is 20.4 Å². The number of hydrogen-bond donors (Lipinski definition) is 6. The van der Waals surface area contributed by atoms with E-state index < -0.39 is 36.0 Å². The number of ether oxygens (including phenoxy) is 1. The molecule has 5 aromatic carbocycles. The second-order valence-electron chi connectivity index (χ2n) is 25.1. The first-order valence-corrected chi connectivity index (χ1v) is 33.7. The number of aryl methyl sites for hydroxylation is 1. The molecule has 2 heterocycles. The third-order valence-corrected chi connectivity index (χ3v) is 17.8. The molecule has 4 amide bonds. The highest BCUT2D eigenvalue weighted by atomic mass is 16.5. The third kappa shape index (κ3) is 23.6. The molecule has 0 spiro atoms. The Kier molecular flexibility index (Phi) is 32.0. The van der Waals surface area contributed by atoms with Crippen LogP contribution in [-0.2, 0) is 67.2 Å². The zero-order valence-electron chi connectivity index (χ0n) is 54.6. The quantitative estimate of drug-likeness (QED) is 0.0201. The van der Waals surface area contributed by atoms with Crippen LogP contribution in [0.2, 0.25) is 0 Å². The maximum atomic E-state index is 13.8. The predicted octanol–water partition coefficient (Wildman–Crippen LogP) is 8.46. The zero-order chi connectivity index (χ0) is 66.2. The molecule has 2 aliphatic rings. The number of hydrogen-bond acceptors (Lipinski definition) is 14. The average molecular weight is 1260 g/mol. The molecule has 92 heavy (non-hydrogen) atoms. The van der Waals surface area contributed by atoms with Crippen LogP contribution >= 0.6 is 0 Å². The van der Waals surface area contributed by atoms with Gasteiger partial charge in [-0.1, -0.05) is 128 Å². The largest absolute Gasteiger partial charge is 0.374 e. The number of nitrogens with one attached hydrogen (secondary N) is 2. The van der Waals surface area contributed by atoms with Crippen molar-refractivity contribution >= 4 is 74.1 Å². The minimum Gasteiger partial charge on any atom is -0.374 e. The predicted molar refractivity (Wildman–Crippen MR) is 362 cm³/mol. The lowest BCUT2D eigenvalue weighted by atomic mass is 9.90. The summed E-state index contributed by atoms with van der Waals surface area (Å²) in [6.45, 7) is 6.74. The van der Waals surface area contributed by atoms with Gasteiger partial charge in [0.15, 0.2) is 28.9 Å². The van der Waals surface area contributed by atoms with Crippen molar-refractivity contribution in [2.24, 2.45) is 34.8 Å². The van der Waals surface area contributed by atoms with E-state index in [1.54, 1.807) is 9.80 Å². The summed E-state index contributed by atoms with van der Waals surface area (Å²) in [5.74, 6) is -2.45. The second-order valence-corrected chi connectivity index (χ2v) is 25.1. The Bertz CT molecular complexity index is 3210. The van der Waals surface area contributed by atoms with Gasteiger partial charge < -0.3 is 48.1 Å². The number of benzene rings is 5. The van der Waals surface area contributed by atoms with Crippen LogP contribution in [0.1, 0.15) is 158 Å². The number of Topliss-reactive ketones (excluding diaryl/α,β-unsaturated/α-hetero) is 5. The Balaban J connectivity index is 0.000000292. The molecule has 2 fully saturated rings. The van der Waals surface area contributed by atoms with E-state index >= 15 is 0 Å². The monoisotopic (exact) mass is 1260 g/mol. The molecule has 498 valence electrons. The van der Waals surface area contributed by atoms with Crippen molar-refractivity contribution in [2.45, 2.75) is 186 Å². The Morgan fingerprint density at radius 2 is 0.946 bits per heavy atom. The van der Waals surface area contributed by atoms with Crippen LogP contribution < -0.4 is 33.6 Å². The van der Waals surface area contributed by atoms with Gasteiger partial charge in [0, 0.05) is 57.2 Å². The van der Waals surface area contributed by atoms with Gasteiger partial charge >= 0.3 is 0 Å². The minimum atomic E-state index is -0.691. The number of fused-ring (bicyclic) bond motifs is 2. The molecule has 18 nitrogen and oxygen atoms in total. The molecule has 10 N–H and O–H groups in total. The average Bonchev–Trinajstić information content (AvgIpc) is 1.40. The molecule has 0 unspecified atom stereocenters. The van der Waals surface area contributed by atoms with Crippen LogP contribution in [0.4, 0.5) is 0 Å². The van der Waals surface area contributed by atoms with Gasteiger partial charge in [-0.3, -0.25) is 43.2 Å². The van der Waals surface area contributed by atoms with Gasteiger partial charge in [-0.15, -0.1) is 0 Å². The van der Waals surface area contributed by atoms with Crippen molar-refractivity contribution in [3.8, 4) is 0 Å². The maximum absolute atomic E-state index is 13.8. The molecule has 2 aliphatic heterocycles. The van der Waals surface area contributed by atoms with E-state index in [-0.39, 0.29) is 104 Å². The van der Waals surface area contributed by atoms with Gasteiger partial charge in [-0.2, -0.15) is 0 Å². The van der Waals surface area contributed by atoms with E-state index in [1.165, 1.54) is 6.92 Å². The van der Waals surface area contributed by atoms with Crippen molar-refractivity contribution in [3.05, 3.63) is 131 Å². The molecule has 0 bridgehead atoms. The molecule has 7 rings (SSSR count). The van der Waals surface area contributed by atoms with Crippen LogP contribution in [0.15, 0.2) is 109 Å². The maximum Gasteiger partial charge on any atom is 0.227 e. The lowest BCUT2D eigenvalue weighted by molar-refractivity contribution is -0.139. The fourth-order valence-corrected chi connectivity index (χ4v) is 12.8. The van der Waals surface area contributed by atoms with Crippen molar-refractivity contribution in [2.75, 3.05) is 52.5 Å². The van der Waals surface area contributed by atoms with Crippen LogP contribution in [0.3, 0.4) is 0 Å². The Hall–Kier alpha value is -7.35. The van der Waals surface area contributed by atoms with E-state index in [0.29, 0.717) is 110 Å². The van der Waals surface area contributed by atoms with Gasteiger partial charge in [0.05, 0.1) is 37.0 Å². The number of ketones is 5. The van der Waals surface area contributed by atoms with Crippen molar-refractivity contribution in [1.29, 1.82) is 0 Å². The molecule has 0 saturated carbocycles. The lowest BCUT2D eigenvalue weighted by Crippen LogP contribution is -2.46. The number of unbranched alkanes of at least 4 members (excludes halogenated alkanes) is 4. The summed E-state index contributed by atoms with van der Waals surface area (Å²) in [6, 6.07) is 33.2. The molecule has 18 heteroatoms. The highest BCUT2D eigenvalue weighted by Crippen LogP contribution is 2.29. The van der Waals surface area contributed by atoms with E-state index in [9.17, 15) is 43.2 Å². The Labute approximate surface area is 544 Å². The van der Waals surface area contributed by atoms with Crippen LogP contribution in [-0.4, -0.2) is 139 Å². The summed E-state index contributed by atoms with van der Waals surface area (Å²) in [7, 11) is 0. The van der Waals surface area contributed by atoms with Crippen molar-refractivity contribution < 1.29 is 47.9 Å². The second kappa shape index (κ2) is 39.9. The molecule has 6 atom stereocenters. The number of nitrogens with two attached hydrogens (primary N) is 4. The summed E-state index contributed by atoms with van der Waals surface area (Å²) in [5, 5.41) is 10.2. The topological polar surface area (TPSA) is 297 Å². The summed E-state index contributed by atoms with van der Waals surface area (Å²) in [5.41, 5.74) is 26.7. The van der Waals surface area contributed by atoms with Crippen LogP contribution in [0.25, 0.3) is 21.5 Å². The number of carbonyl (C=O) groups is 9. The van der Waals surface area contributed by atoms with Gasteiger partial charge in [0.2, 0.25) is 23.6 Å². The number of likely N-dealkylation sites (tertiary alicyclic amines) is 2. The van der Waals surface area contributed by atoms with Crippen LogP contribution in [0.5, 0.6) is 0 Å². The van der Waals surface area contributed by atoms with Gasteiger partial charge in [0.1, 0.15) is 6.61 Å². The minimum absolute atomic E-state index is 0.00170. The van der Waals surface area contributed by atoms with E-state index in [2.05, 4.69) is 10.6 Å². The normalized spacial score (nSPS) is 15.9. The summed E-state index contributed by atoms with van der Waals surface area (Å²) in [6.07, 6.45) is 11.6. The molecule has 0 aliphatic carbocycles. The number of nitrogens with zero attached hydrogens (tertiary/aromatic N) is 2. The van der Waals surface area contributed by atoms with E-state index in [0.717, 1.165) is 82.3 Å². The van der Waals surface area contributed by atoms with Crippen LogP contribution in [0, 0.1) is 18.8 Å². The first kappa shape index (κ1) is 73.7. The summed E-state index contributed by atoms with van der Waals surface area (Å²) < 4.78 is 5.29. The highest BCUT2D eigenvalue weighted by Gasteiger charge is 2.38. The lowest BCUT2D eigenvalue weighted by Gasteiger charge is -2.27. The zero-order valence-corrected chi connectivity index (χ0v) is 54.6. The number of rotatable bonds is 40. The summed E-state index contributed by atoms with van der Waals surface area (Å²) in [4.78, 5) is 123. The molecule has 2 saturated heterocycles. The SMILES string of the molecule is CC(=O)COCCCC(=O)[C@H](CCCCN)NC(=O)[C@H](CCCCN)CC(=O)[C@@H]1CCCN1C(=O)Cc1cccc2ccccc12.Cc1cccc(CC(=O)[C@H](CCCCN)NC(=O)[C@H](CCCCN)CC(=O)[C@@H]2CCCN2C(=O)Cc2cccc3ccccc23)c1. The molecular weight excluding hydrogens is 1160 g/mol. The molecular formula is C74H102N8O10. The molecule has 0 radical (unpaired) electrons. The molecule has 0 aromatic heterocycles. The standard InChI is InChI=1S/C38H50N4O4.C36H52N4O6/c1-27-11-8-12-28(23-27)24-35(43)33(18-5-7-21-40)41-38(46)31(14-4-6-20-39)25-36(44)34-19-10-22-42(34)37(45)26-30-16-9-15-29-13-2-3-17-32(29)30;1-26(41)25-46-22-10-18-33(42)31(16-5-7-20-38)39-36(45)29(12-4-6-19-37)23-34(43)32-17-9-21-40(32)35(44)24-28-14-8-13-27-11-2-3-15-30(27)28/h2-3,8-9,11-13,15-17,23,31,33-34H,4-7,10,14,18-22,24-26,39-40H2,1H3,(H,41,46);2-3,8,11,13-15,29,31-32H,4-7,9-10,12,16-25,37-38H2,1H3,(H,39,45)/t31-,33+,34+;29-,31+,32+/m11/s1. The number of amides is 4. The Morgan fingerprint density at radius 1 is 0.511 bits per heavy atom. The number of carbonyl (C=O) groups excluding carboxylic acids is 9. The summed E-state index contributed by atoms with van der Waals surface area (Å²) >= 11 is 0. The van der Waals surface area contributed by atoms with Gasteiger partial charge in [0.25, 0.3) is 0 Å². The van der Waals surface area contributed by atoms with Gasteiger partial charge in [-0.05, 0) is 175 Å². The fourth-order valence-electron chi connectivity index (χ4n) is 12.8.